The Balaban J connectivity index is 1.76. The molecule has 1 aliphatic carbocycles. The molecule has 0 aromatic heterocycles. The highest BCUT2D eigenvalue weighted by Crippen LogP contribution is 2.32. The third-order valence-corrected chi connectivity index (χ3v) is 4.30. The first-order chi connectivity index (χ1) is 10.1. The molecule has 0 fully saturated rings. The van der Waals surface area contributed by atoms with Gasteiger partial charge in [0, 0.05) is 10.0 Å². The van der Waals surface area contributed by atoms with Gasteiger partial charge in [0.25, 0.3) is 0 Å². The predicted molar refractivity (Wildman–Crippen MR) is 82.8 cm³/mol. The van der Waals surface area contributed by atoms with Gasteiger partial charge in [-0.1, -0.05) is 22.0 Å². The van der Waals surface area contributed by atoms with Crippen molar-refractivity contribution in [2.24, 2.45) is 0 Å². The fourth-order valence-corrected chi connectivity index (χ4v) is 3.07. The Bertz CT molecular complexity index is 657. The van der Waals surface area contributed by atoms with Crippen molar-refractivity contribution >= 4 is 15.9 Å². The van der Waals surface area contributed by atoms with Crippen LogP contribution in [-0.4, -0.2) is 5.11 Å². The molecule has 2 nitrogen and oxygen atoms in total. The van der Waals surface area contributed by atoms with E-state index in [0.717, 1.165) is 29.3 Å². The molecule has 110 valence electrons. The van der Waals surface area contributed by atoms with Crippen LogP contribution in [0.2, 0.25) is 0 Å². The predicted octanol–water partition coefficient (Wildman–Crippen LogP) is 4.54. The van der Waals surface area contributed by atoms with Crippen LogP contribution in [0.5, 0.6) is 5.75 Å². The van der Waals surface area contributed by atoms with Gasteiger partial charge < -0.3 is 9.84 Å². The lowest BCUT2D eigenvalue weighted by Crippen LogP contribution is -2.09. The topological polar surface area (TPSA) is 29.5 Å². The zero-order valence-electron chi connectivity index (χ0n) is 11.5. The van der Waals surface area contributed by atoms with Crippen LogP contribution >= 0.6 is 15.9 Å². The Morgan fingerprint density at radius 2 is 2.10 bits per heavy atom. The van der Waals surface area contributed by atoms with Gasteiger partial charge in [0.1, 0.15) is 18.2 Å². The molecular formula is C17H16BrFO2. The van der Waals surface area contributed by atoms with E-state index < -0.39 is 6.10 Å². The van der Waals surface area contributed by atoms with Crippen LogP contribution in [0.4, 0.5) is 4.39 Å². The zero-order valence-corrected chi connectivity index (χ0v) is 13.1. The molecule has 1 atom stereocenters. The highest BCUT2D eigenvalue weighted by Gasteiger charge is 2.18. The van der Waals surface area contributed by atoms with Crippen molar-refractivity contribution < 1.29 is 14.2 Å². The second-order valence-electron chi connectivity index (χ2n) is 5.29. The molecule has 2 aromatic rings. The maximum atomic E-state index is 13.7. The van der Waals surface area contributed by atoms with E-state index in [1.807, 2.05) is 18.2 Å². The molecule has 0 bridgehead atoms. The Morgan fingerprint density at radius 3 is 2.95 bits per heavy atom. The van der Waals surface area contributed by atoms with Crippen molar-refractivity contribution in [2.45, 2.75) is 32.0 Å². The van der Waals surface area contributed by atoms with Gasteiger partial charge in [-0.25, -0.2) is 4.39 Å². The second kappa shape index (κ2) is 6.16. The van der Waals surface area contributed by atoms with Crippen molar-refractivity contribution in [2.75, 3.05) is 0 Å². The lowest BCUT2D eigenvalue weighted by Gasteiger charge is -2.22. The lowest BCUT2D eigenvalue weighted by molar-refractivity contribution is 0.156. The van der Waals surface area contributed by atoms with Crippen LogP contribution in [0.1, 0.15) is 35.6 Å². The Labute approximate surface area is 131 Å². The van der Waals surface area contributed by atoms with Gasteiger partial charge in [0.05, 0.1) is 6.10 Å². The largest absolute Gasteiger partial charge is 0.489 e. The van der Waals surface area contributed by atoms with Gasteiger partial charge in [0.15, 0.2) is 0 Å². The minimum Gasteiger partial charge on any atom is -0.489 e. The molecule has 1 N–H and O–H groups in total. The first-order valence-electron chi connectivity index (χ1n) is 7.01. The third kappa shape index (κ3) is 3.27. The SMILES string of the molecule is OC1CCCc2ccc(OCc3cc(Br)ccc3F)cc21. The van der Waals surface area contributed by atoms with E-state index in [1.165, 1.54) is 11.6 Å². The van der Waals surface area contributed by atoms with Crippen molar-refractivity contribution in [1.82, 2.24) is 0 Å². The summed E-state index contributed by atoms with van der Waals surface area (Å²) in [6.07, 6.45) is 2.38. The number of hydrogen-bond donors (Lipinski definition) is 1. The summed E-state index contributed by atoms with van der Waals surface area (Å²) in [7, 11) is 0. The van der Waals surface area contributed by atoms with Crippen LogP contribution in [0.15, 0.2) is 40.9 Å². The number of rotatable bonds is 3. The van der Waals surface area contributed by atoms with E-state index in [2.05, 4.69) is 15.9 Å². The van der Waals surface area contributed by atoms with Crippen LogP contribution in [0.25, 0.3) is 0 Å². The average molecular weight is 351 g/mol. The van der Waals surface area contributed by atoms with E-state index in [4.69, 9.17) is 4.74 Å². The van der Waals surface area contributed by atoms with Gasteiger partial charge in [-0.2, -0.15) is 0 Å². The lowest BCUT2D eigenvalue weighted by atomic mass is 9.89. The number of ether oxygens (including phenoxy) is 1. The first-order valence-corrected chi connectivity index (χ1v) is 7.80. The molecule has 0 spiro atoms. The summed E-state index contributed by atoms with van der Waals surface area (Å²) in [5, 5.41) is 10.0. The van der Waals surface area contributed by atoms with Gasteiger partial charge in [-0.3, -0.25) is 0 Å². The Kier molecular flexibility index (Phi) is 4.27. The summed E-state index contributed by atoms with van der Waals surface area (Å²) in [5.74, 6) is 0.380. The van der Waals surface area contributed by atoms with Gasteiger partial charge in [0.2, 0.25) is 0 Å². The summed E-state index contributed by atoms with van der Waals surface area (Å²) < 4.78 is 20.2. The number of benzene rings is 2. The van der Waals surface area contributed by atoms with Crippen molar-refractivity contribution in [3.63, 3.8) is 0 Å². The van der Waals surface area contributed by atoms with Gasteiger partial charge in [-0.15, -0.1) is 0 Å². The highest BCUT2D eigenvalue weighted by atomic mass is 79.9. The first kappa shape index (κ1) is 14.5. The van der Waals surface area contributed by atoms with Gasteiger partial charge >= 0.3 is 0 Å². The molecule has 3 rings (SSSR count). The number of aliphatic hydroxyl groups is 1. The molecule has 0 aliphatic heterocycles. The van der Waals surface area contributed by atoms with E-state index in [-0.39, 0.29) is 12.4 Å². The summed E-state index contributed by atoms with van der Waals surface area (Å²) >= 11 is 3.32. The number of aryl methyl sites for hydroxylation is 1. The fraction of sp³-hybridized carbons (Fsp3) is 0.294. The summed E-state index contributed by atoms with van der Waals surface area (Å²) in [5.41, 5.74) is 2.62. The third-order valence-electron chi connectivity index (χ3n) is 3.80. The quantitative estimate of drug-likeness (QED) is 0.880. The van der Waals surface area contributed by atoms with Crippen molar-refractivity contribution in [3.05, 3.63) is 63.4 Å². The normalized spacial score (nSPS) is 17.4. The molecule has 0 heterocycles. The summed E-state index contributed by atoms with van der Waals surface area (Å²) in [6.45, 7) is 0.167. The smallest absolute Gasteiger partial charge is 0.129 e. The number of fused-ring (bicyclic) bond motifs is 1. The van der Waals surface area contributed by atoms with Crippen LogP contribution in [0.3, 0.4) is 0 Å². The standard InChI is InChI=1S/C17H16BrFO2/c18-13-5-7-16(19)12(8-13)10-21-14-6-4-11-2-1-3-17(20)15(11)9-14/h4-9,17,20H,1-3,10H2. The Morgan fingerprint density at radius 1 is 1.24 bits per heavy atom. The van der Waals surface area contributed by atoms with E-state index in [0.29, 0.717) is 11.3 Å². The van der Waals surface area contributed by atoms with E-state index in [9.17, 15) is 9.50 Å². The number of halogens is 2. The van der Waals surface area contributed by atoms with Crippen LogP contribution < -0.4 is 4.74 Å². The molecule has 0 radical (unpaired) electrons. The number of aliphatic hydroxyl groups excluding tert-OH is 1. The summed E-state index contributed by atoms with van der Waals surface area (Å²) in [4.78, 5) is 0. The molecule has 0 amide bonds. The average Bonchev–Trinajstić information content (AvgIpc) is 2.49. The molecule has 0 saturated carbocycles. The van der Waals surface area contributed by atoms with Crippen LogP contribution in [-0.2, 0) is 13.0 Å². The molecular weight excluding hydrogens is 335 g/mol. The molecule has 1 aliphatic rings. The minimum absolute atomic E-state index is 0.167. The zero-order chi connectivity index (χ0) is 14.8. The second-order valence-corrected chi connectivity index (χ2v) is 6.21. The van der Waals surface area contributed by atoms with Crippen LogP contribution in [0, 0.1) is 5.82 Å². The maximum absolute atomic E-state index is 13.7. The molecule has 0 saturated heterocycles. The molecule has 21 heavy (non-hydrogen) atoms. The summed E-state index contributed by atoms with van der Waals surface area (Å²) in [6, 6.07) is 10.5. The molecule has 1 unspecified atom stereocenters. The van der Waals surface area contributed by atoms with Crippen molar-refractivity contribution in [3.8, 4) is 5.75 Å². The maximum Gasteiger partial charge on any atom is 0.129 e. The molecule has 2 aromatic carbocycles. The monoisotopic (exact) mass is 350 g/mol. The highest BCUT2D eigenvalue weighted by molar-refractivity contribution is 9.10. The van der Waals surface area contributed by atoms with Crippen molar-refractivity contribution in [1.29, 1.82) is 0 Å². The Hall–Kier alpha value is -1.39. The van der Waals surface area contributed by atoms with E-state index >= 15 is 0 Å². The fourth-order valence-electron chi connectivity index (χ4n) is 2.66. The van der Waals surface area contributed by atoms with E-state index in [1.54, 1.807) is 12.1 Å². The number of hydrogen-bond acceptors (Lipinski definition) is 2. The molecule has 4 heteroatoms. The minimum atomic E-state index is -0.417. The van der Waals surface area contributed by atoms with Gasteiger partial charge in [-0.05, 0) is 60.7 Å².